The average molecular weight is 290 g/mol. The summed E-state index contributed by atoms with van der Waals surface area (Å²) in [5.41, 5.74) is 2.70. The number of hydrogen-bond acceptors (Lipinski definition) is 3. The van der Waals surface area contributed by atoms with E-state index in [4.69, 9.17) is 4.74 Å². The van der Waals surface area contributed by atoms with Crippen LogP contribution in [-0.2, 0) is 16.0 Å². The van der Waals surface area contributed by atoms with Crippen molar-refractivity contribution in [3.05, 3.63) is 35.4 Å². The molecule has 1 aromatic rings. The zero-order chi connectivity index (χ0) is 15.1. The molecule has 1 aliphatic rings. The highest BCUT2D eigenvalue weighted by atomic mass is 16.5. The third kappa shape index (κ3) is 5.14. The predicted molar refractivity (Wildman–Crippen MR) is 84.5 cm³/mol. The zero-order valence-corrected chi connectivity index (χ0v) is 13.0. The van der Waals surface area contributed by atoms with Crippen LogP contribution in [0.3, 0.4) is 0 Å². The molecule has 4 heteroatoms. The summed E-state index contributed by atoms with van der Waals surface area (Å²) >= 11 is 0. The van der Waals surface area contributed by atoms with Crippen LogP contribution in [0.15, 0.2) is 24.3 Å². The number of hydrogen-bond donors (Lipinski definition) is 2. The Hall–Kier alpha value is -1.39. The van der Waals surface area contributed by atoms with E-state index < -0.39 is 0 Å². The van der Waals surface area contributed by atoms with Crippen LogP contribution in [-0.4, -0.2) is 38.3 Å². The SMILES string of the molecule is CC(C)c1ccc(CCCNC(=O)C2COCCN2)cc1. The number of carbonyl (C=O) groups is 1. The Labute approximate surface area is 127 Å². The van der Waals surface area contributed by atoms with Crippen LogP contribution in [0.4, 0.5) is 0 Å². The van der Waals surface area contributed by atoms with Gasteiger partial charge in [0.15, 0.2) is 0 Å². The van der Waals surface area contributed by atoms with Gasteiger partial charge in [0.05, 0.1) is 13.2 Å². The van der Waals surface area contributed by atoms with E-state index in [2.05, 4.69) is 48.7 Å². The van der Waals surface area contributed by atoms with Gasteiger partial charge in [-0.15, -0.1) is 0 Å². The van der Waals surface area contributed by atoms with Crippen LogP contribution < -0.4 is 10.6 Å². The van der Waals surface area contributed by atoms with Gasteiger partial charge >= 0.3 is 0 Å². The molecule has 1 heterocycles. The summed E-state index contributed by atoms with van der Waals surface area (Å²) in [6.07, 6.45) is 1.95. The molecule has 0 aliphatic carbocycles. The third-order valence-electron chi connectivity index (χ3n) is 3.83. The standard InChI is InChI=1S/C17H26N2O2/c1-13(2)15-7-5-14(6-8-15)4-3-9-19-17(20)16-12-21-11-10-18-16/h5-8,13,16,18H,3-4,9-12H2,1-2H3,(H,19,20). The fraction of sp³-hybridized carbons (Fsp3) is 0.588. The van der Waals surface area contributed by atoms with Crippen molar-refractivity contribution in [1.29, 1.82) is 0 Å². The van der Waals surface area contributed by atoms with E-state index in [1.54, 1.807) is 0 Å². The minimum atomic E-state index is -0.191. The molecule has 116 valence electrons. The largest absolute Gasteiger partial charge is 0.378 e. The Morgan fingerprint density at radius 3 is 2.76 bits per heavy atom. The van der Waals surface area contributed by atoms with Gasteiger partial charge in [0.2, 0.25) is 5.91 Å². The highest BCUT2D eigenvalue weighted by molar-refractivity contribution is 5.81. The number of benzene rings is 1. The van der Waals surface area contributed by atoms with Crippen molar-refractivity contribution in [2.45, 2.75) is 38.6 Å². The number of ether oxygens (including phenoxy) is 1. The molecular weight excluding hydrogens is 264 g/mol. The first-order valence-electron chi connectivity index (χ1n) is 7.84. The number of carbonyl (C=O) groups excluding carboxylic acids is 1. The number of aryl methyl sites for hydroxylation is 1. The molecule has 0 bridgehead atoms. The van der Waals surface area contributed by atoms with Crippen molar-refractivity contribution in [3.63, 3.8) is 0 Å². The van der Waals surface area contributed by atoms with Gasteiger partial charge in [-0.3, -0.25) is 4.79 Å². The molecule has 1 unspecified atom stereocenters. The van der Waals surface area contributed by atoms with E-state index in [0.29, 0.717) is 25.7 Å². The van der Waals surface area contributed by atoms with Crippen molar-refractivity contribution in [3.8, 4) is 0 Å². The first-order valence-corrected chi connectivity index (χ1v) is 7.84. The van der Waals surface area contributed by atoms with Gasteiger partial charge in [-0.05, 0) is 29.9 Å². The molecule has 0 spiro atoms. The van der Waals surface area contributed by atoms with Crippen LogP contribution >= 0.6 is 0 Å². The molecule has 1 fully saturated rings. The maximum atomic E-state index is 11.9. The van der Waals surface area contributed by atoms with Crippen molar-refractivity contribution in [2.75, 3.05) is 26.3 Å². The molecule has 1 aliphatic heterocycles. The molecule has 21 heavy (non-hydrogen) atoms. The molecule has 1 saturated heterocycles. The van der Waals surface area contributed by atoms with Gasteiger partial charge in [-0.25, -0.2) is 0 Å². The lowest BCUT2D eigenvalue weighted by molar-refractivity contribution is -0.125. The quantitative estimate of drug-likeness (QED) is 0.786. The average Bonchev–Trinajstić information content (AvgIpc) is 2.52. The summed E-state index contributed by atoms with van der Waals surface area (Å²) in [4.78, 5) is 11.9. The second-order valence-electron chi connectivity index (χ2n) is 5.87. The lowest BCUT2D eigenvalue weighted by Crippen LogP contribution is -2.51. The van der Waals surface area contributed by atoms with Crippen molar-refractivity contribution < 1.29 is 9.53 Å². The minimum absolute atomic E-state index is 0.0462. The first kappa shape index (κ1) is 16.0. The third-order valence-corrected chi connectivity index (χ3v) is 3.83. The second-order valence-corrected chi connectivity index (χ2v) is 5.87. The number of morpholine rings is 1. The summed E-state index contributed by atoms with van der Waals surface area (Å²) in [5.74, 6) is 0.619. The van der Waals surface area contributed by atoms with E-state index in [1.807, 2.05) is 0 Å². The molecule has 0 aromatic heterocycles. The Bertz CT molecular complexity index is 437. The van der Waals surface area contributed by atoms with Gasteiger partial charge in [-0.1, -0.05) is 38.1 Å². The van der Waals surface area contributed by atoms with Crippen LogP contribution in [0.25, 0.3) is 0 Å². The van der Waals surface area contributed by atoms with E-state index in [0.717, 1.165) is 19.4 Å². The maximum Gasteiger partial charge on any atom is 0.239 e. The Balaban J connectivity index is 1.66. The van der Waals surface area contributed by atoms with E-state index >= 15 is 0 Å². The van der Waals surface area contributed by atoms with Gasteiger partial charge < -0.3 is 15.4 Å². The smallest absolute Gasteiger partial charge is 0.239 e. The normalized spacial score (nSPS) is 18.7. The maximum absolute atomic E-state index is 11.9. The molecule has 1 atom stereocenters. The van der Waals surface area contributed by atoms with Crippen LogP contribution in [0.5, 0.6) is 0 Å². The molecule has 1 aromatic carbocycles. The second kappa shape index (κ2) is 8.15. The fourth-order valence-corrected chi connectivity index (χ4v) is 2.43. The monoisotopic (exact) mass is 290 g/mol. The van der Waals surface area contributed by atoms with Crippen LogP contribution in [0.2, 0.25) is 0 Å². The number of nitrogens with one attached hydrogen (secondary N) is 2. The lowest BCUT2D eigenvalue weighted by Gasteiger charge is -2.22. The van der Waals surface area contributed by atoms with Crippen molar-refractivity contribution >= 4 is 5.91 Å². The predicted octanol–water partition coefficient (Wildman–Crippen LogP) is 1.85. The Morgan fingerprint density at radius 2 is 2.14 bits per heavy atom. The zero-order valence-electron chi connectivity index (χ0n) is 13.0. The fourth-order valence-electron chi connectivity index (χ4n) is 2.43. The van der Waals surface area contributed by atoms with E-state index in [9.17, 15) is 4.79 Å². The molecule has 1 amide bonds. The van der Waals surface area contributed by atoms with Crippen molar-refractivity contribution in [1.82, 2.24) is 10.6 Å². The van der Waals surface area contributed by atoms with Gasteiger partial charge in [0, 0.05) is 13.1 Å². The summed E-state index contributed by atoms with van der Waals surface area (Å²) < 4.78 is 5.29. The van der Waals surface area contributed by atoms with E-state index in [1.165, 1.54) is 11.1 Å². The van der Waals surface area contributed by atoms with Crippen LogP contribution in [0.1, 0.15) is 37.3 Å². The number of amides is 1. The summed E-state index contributed by atoms with van der Waals surface area (Å²) in [6.45, 7) is 7.03. The van der Waals surface area contributed by atoms with Gasteiger partial charge in [-0.2, -0.15) is 0 Å². The highest BCUT2D eigenvalue weighted by Crippen LogP contribution is 2.15. The summed E-state index contributed by atoms with van der Waals surface area (Å²) in [7, 11) is 0. The molecule has 0 radical (unpaired) electrons. The topological polar surface area (TPSA) is 50.4 Å². The summed E-state index contributed by atoms with van der Waals surface area (Å²) in [5, 5.41) is 6.13. The Kier molecular flexibility index (Phi) is 6.21. The highest BCUT2D eigenvalue weighted by Gasteiger charge is 2.20. The lowest BCUT2D eigenvalue weighted by atomic mass is 10.0. The summed E-state index contributed by atoms with van der Waals surface area (Å²) in [6, 6.07) is 8.58. The minimum Gasteiger partial charge on any atom is -0.378 e. The first-order chi connectivity index (χ1) is 10.2. The molecule has 4 nitrogen and oxygen atoms in total. The van der Waals surface area contributed by atoms with E-state index in [-0.39, 0.29) is 11.9 Å². The molecule has 2 N–H and O–H groups in total. The van der Waals surface area contributed by atoms with Gasteiger partial charge in [0.25, 0.3) is 0 Å². The van der Waals surface area contributed by atoms with Gasteiger partial charge in [0.1, 0.15) is 6.04 Å². The molecular formula is C17H26N2O2. The molecule has 0 saturated carbocycles. The van der Waals surface area contributed by atoms with Crippen molar-refractivity contribution in [2.24, 2.45) is 0 Å². The Morgan fingerprint density at radius 1 is 1.38 bits per heavy atom. The molecule has 2 rings (SSSR count). The number of rotatable bonds is 6. The van der Waals surface area contributed by atoms with Crippen LogP contribution in [0, 0.1) is 0 Å².